The summed E-state index contributed by atoms with van der Waals surface area (Å²) in [7, 11) is 2.17. The van der Waals surface area contributed by atoms with Gasteiger partial charge in [0.05, 0.1) is 11.9 Å². The first-order chi connectivity index (χ1) is 14.7. The lowest BCUT2D eigenvalue weighted by Crippen LogP contribution is -2.31. The highest BCUT2D eigenvalue weighted by Crippen LogP contribution is 2.42. The molecule has 0 aliphatic carbocycles. The van der Waals surface area contributed by atoms with E-state index in [1.165, 1.54) is 34.5 Å². The zero-order chi connectivity index (χ0) is 20.9. The van der Waals surface area contributed by atoms with Gasteiger partial charge in [-0.15, -0.1) is 0 Å². The van der Waals surface area contributed by atoms with Gasteiger partial charge in [0.1, 0.15) is 5.75 Å². The molecule has 3 aromatic rings. The lowest BCUT2D eigenvalue weighted by atomic mass is 9.97. The fourth-order valence-corrected chi connectivity index (χ4v) is 5.47. The molecule has 0 radical (unpaired) electrons. The molecule has 30 heavy (non-hydrogen) atoms. The highest BCUT2D eigenvalue weighted by Gasteiger charge is 2.33. The monoisotopic (exact) mass is 420 g/mol. The quantitative estimate of drug-likeness (QED) is 0.505. The van der Waals surface area contributed by atoms with Gasteiger partial charge in [0, 0.05) is 11.7 Å². The molecule has 2 atom stereocenters. The molecule has 1 amide bonds. The molecule has 4 nitrogen and oxygen atoms in total. The van der Waals surface area contributed by atoms with Crippen LogP contribution in [0.3, 0.4) is 0 Å². The Morgan fingerprint density at radius 1 is 1.13 bits per heavy atom. The molecule has 0 bridgehead atoms. The molecule has 156 valence electrons. The van der Waals surface area contributed by atoms with E-state index >= 15 is 0 Å². The first-order valence-electron chi connectivity index (χ1n) is 10.5. The molecule has 5 heteroatoms. The van der Waals surface area contributed by atoms with Crippen molar-refractivity contribution in [2.24, 2.45) is 0 Å². The molecular weight excluding hydrogens is 392 g/mol. The fraction of sp³-hybridized carbons (Fsp3) is 0.320. The van der Waals surface area contributed by atoms with Crippen LogP contribution in [0.5, 0.6) is 5.75 Å². The highest BCUT2D eigenvalue weighted by molar-refractivity contribution is 8.14. The Kier molecular flexibility index (Phi) is 6.60. The molecule has 0 spiro atoms. The molecule has 1 heterocycles. The van der Waals surface area contributed by atoms with Crippen molar-refractivity contribution in [2.45, 2.75) is 31.1 Å². The molecule has 0 aromatic heterocycles. The number of hydrogen-bond acceptors (Lipinski definition) is 4. The minimum Gasteiger partial charge on any atom is -0.494 e. The van der Waals surface area contributed by atoms with Crippen LogP contribution in [-0.4, -0.2) is 36.4 Å². The summed E-state index contributed by atoms with van der Waals surface area (Å²) in [5.41, 5.74) is 2.02. The molecule has 3 aromatic carbocycles. The van der Waals surface area contributed by atoms with E-state index in [1.807, 2.05) is 31.2 Å². The van der Waals surface area contributed by atoms with Crippen LogP contribution in [0.25, 0.3) is 10.8 Å². The van der Waals surface area contributed by atoms with Crippen molar-refractivity contribution in [2.75, 3.05) is 25.5 Å². The number of likely N-dealkylation sites (N-methyl/N-ethyl adjacent to an activating group) is 1. The van der Waals surface area contributed by atoms with Crippen molar-refractivity contribution in [3.05, 3.63) is 72.3 Å². The normalized spacial score (nSPS) is 17.7. The third-order valence-electron chi connectivity index (χ3n) is 5.70. The summed E-state index contributed by atoms with van der Waals surface area (Å²) in [4.78, 5) is 15.4. The maximum Gasteiger partial charge on any atom is 0.284 e. The maximum absolute atomic E-state index is 13.0. The van der Waals surface area contributed by atoms with Crippen molar-refractivity contribution in [1.29, 1.82) is 0 Å². The number of benzene rings is 3. The van der Waals surface area contributed by atoms with E-state index in [-0.39, 0.29) is 10.5 Å². The minimum atomic E-state index is -0.0302. The number of hydrogen-bond donors (Lipinski definition) is 1. The van der Waals surface area contributed by atoms with Crippen LogP contribution >= 0.6 is 11.8 Å². The molecule has 0 unspecified atom stereocenters. The topological polar surface area (TPSA) is 41.6 Å². The summed E-state index contributed by atoms with van der Waals surface area (Å²) in [5.74, 6) is 0.810. The van der Waals surface area contributed by atoms with Crippen LogP contribution in [0.4, 0.5) is 10.5 Å². The first-order valence-corrected chi connectivity index (χ1v) is 11.4. The van der Waals surface area contributed by atoms with Crippen LogP contribution < -0.4 is 10.1 Å². The van der Waals surface area contributed by atoms with Crippen LogP contribution in [-0.2, 0) is 0 Å². The SMILES string of the molecule is CCOc1ccc(NC(=O)S[C@H](c2cccc3ccccc23)[C@@H]2CCCN2C)cc1. The smallest absolute Gasteiger partial charge is 0.284 e. The predicted octanol–water partition coefficient (Wildman–Crippen LogP) is 6.34. The average molecular weight is 421 g/mol. The second kappa shape index (κ2) is 9.54. The summed E-state index contributed by atoms with van der Waals surface area (Å²) < 4.78 is 5.48. The Morgan fingerprint density at radius 2 is 1.90 bits per heavy atom. The van der Waals surface area contributed by atoms with Crippen LogP contribution in [0.15, 0.2) is 66.7 Å². The van der Waals surface area contributed by atoms with Crippen molar-refractivity contribution >= 4 is 33.5 Å². The number of rotatable bonds is 6. The third-order valence-corrected chi connectivity index (χ3v) is 6.84. The van der Waals surface area contributed by atoms with E-state index in [4.69, 9.17) is 4.74 Å². The van der Waals surface area contributed by atoms with E-state index in [0.717, 1.165) is 24.4 Å². The van der Waals surface area contributed by atoms with Gasteiger partial charge in [-0.2, -0.15) is 0 Å². The van der Waals surface area contributed by atoms with Crippen molar-refractivity contribution in [1.82, 2.24) is 4.90 Å². The first kappa shape index (κ1) is 20.8. The third kappa shape index (κ3) is 4.63. The number of carbonyl (C=O) groups is 1. The Hall–Kier alpha value is -2.50. The summed E-state index contributed by atoms with van der Waals surface area (Å²) in [5, 5.41) is 5.54. The molecule has 0 saturated carbocycles. The zero-order valence-corrected chi connectivity index (χ0v) is 18.3. The summed E-state index contributed by atoms with van der Waals surface area (Å²) in [6, 6.07) is 22.7. The molecular formula is C25H28N2O2S. The lowest BCUT2D eigenvalue weighted by molar-refractivity contribution is 0.269. The summed E-state index contributed by atoms with van der Waals surface area (Å²) in [6.07, 6.45) is 2.28. The van der Waals surface area contributed by atoms with Gasteiger partial charge in [0.25, 0.3) is 5.24 Å². The van der Waals surface area contributed by atoms with Gasteiger partial charge in [-0.05, 0) is 74.0 Å². The summed E-state index contributed by atoms with van der Waals surface area (Å²) in [6.45, 7) is 3.66. The van der Waals surface area contributed by atoms with Gasteiger partial charge in [-0.3, -0.25) is 4.79 Å². The number of carbonyl (C=O) groups excluding carboxylic acids is 1. The van der Waals surface area contributed by atoms with Gasteiger partial charge in [-0.1, -0.05) is 54.2 Å². The van der Waals surface area contributed by atoms with E-state index in [9.17, 15) is 4.79 Å². The van der Waals surface area contributed by atoms with E-state index in [1.54, 1.807) is 0 Å². The molecule has 1 saturated heterocycles. The number of anilines is 1. The Bertz CT molecular complexity index is 1000. The van der Waals surface area contributed by atoms with Crippen LogP contribution in [0.2, 0.25) is 0 Å². The van der Waals surface area contributed by atoms with Crippen molar-refractivity contribution in [3.63, 3.8) is 0 Å². The Labute approximate surface area is 182 Å². The molecule has 1 aliphatic heterocycles. The number of nitrogens with one attached hydrogen (secondary N) is 1. The van der Waals surface area contributed by atoms with E-state index in [2.05, 4.69) is 59.7 Å². The molecule has 1 fully saturated rings. The van der Waals surface area contributed by atoms with E-state index in [0.29, 0.717) is 12.6 Å². The van der Waals surface area contributed by atoms with Gasteiger partial charge >= 0.3 is 0 Å². The van der Waals surface area contributed by atoms with Crippen LogP contribution in [0, 0.1) is 0 Å². The number of likely N-dealkylation sites (tertiary alicyclic amines) is 1. The minimum absolute atomic E-state index is 0.0302. The maximum atomic E-state index is 13.0. The Morgan fingerprint density at radius 3 is 2.63 bits per heavy atom. The second-order valence-corrected chi connectivity index (χ2v) is 8.78. The van der Waals surface area contributed by atoms with Gasteiger partial charge in [-0.25, -0.2) is 0 Å². The summed E-state index contributed by atoms with van der Waals surface area (Å²) >= 11 is 1.40. The zero-order valence-electron chi connectivity index (χ0n) is 17.5. The fourth-order valence-electron chi connectivity index (χ4n) is 4.23. The predicted molar refractivity (Wildman–Crippen MR) is 127 cm³/mol. The van der Waals surface area contributed by atoms with Crippen molar-refractivity contribution in [3.8, 4) is 5.75 Å². The number of fused-ring (bicyclic) bond motifs is 1. The van der Waals surface area contributed by atoms with E-state index < -0.39 is 0 Å². The second-order valence-electron chi connectivity index (χ2n) is 7.67. The number of ether oxygens (including phenoxy) is 1. The number of nitrogens with zero attached hydrogens (tertiary/aromatic N) is 1. The van der Waals surface area contributed by atoms with Crippen molar-refractivity contribution < 1.29 is 9.53 Å². The lowest BCUT2D eigenvalue weighted by Gasteiger charge is -2.29. The number of amides is 1. The van der Waals surface area contributed by atoms with Gasteiger partial charge < -0.3 is 15.0 Å². The standard InChI is InChI=1S/C25H28N2O2S/c1-3-29-20-15-13-19(14-16-20)26-25(28)30-24(23-12-7-17-27(23)2)22-11-6-9-18-8-4-5-10-21(18)22/h4-6,8-11,13-16,23-24H,3,7,12,17H2,1-2H3,(H,26,28)/t23-,24+/m0/s1. The average Bonchev–Trinajstić information content (AvgIpc) is 3.19. The molecule has 4 rings (SSSR count). The Balaban J connectivity index is 1.58. The number of thioether (sulfide) groups is 1. The van der Waals surface area contributed by atoms with Gasteiger partial charge in [0.15, 0.2) is 0 Å². The highest BCUT2D eigenvalue weighted by atomic mass is 32.2. The van der Waals surface area contributed by atoms with Crippen LogP contribution in [0.1, 0.15) is 30.6 Å². The van der Waals surface area contributed by atoms with Gasteiger partial charge in [0.2, 0.25) is 0 Å². The molecule has 1 N–H and O–H groups in total. The largest absolute Gasteiger partial charge is 0.494 e. The molecule has 1 aliphatic rings.